The average molecular weight is 335 g/mol. The number of benzene rings is 2. The van der Waals surface area contributed by atoms with E-state index >= 15 is 0 Å². The standard InChI is InChI=1S/C19H17N3O3/c1-11-12(2)22-16-8-14(4-5-15(16)21-11)19(23)20-9-13-3-6-17-18(7-13)25-10-24-17/h3-8H,9-10H2,1-2H3,(H,20,23). The Morgan fingerprint density at radius 2 is 1.76 bits per heavy atom. The van der Waals surface area contributed by atoms with E-state index in [9.17, 15) is 4.79 Å². The van der Waals surface area contributed by atoms with Crippen LogP contribution in [-0.4, -0.2) is 22.7 Å². The van der Waals surface area contributed by atoms with Crippen LogP contribution in [0.2, 0.25) is 0 Å². The van der Waals surface area contributed by atoms with Crippen molar-refractivity contribution in [2.45, 2.75) is 20.4 Å². The Morgan fingerprint density at radius 3 is 2.60 bits per heavy atom. The van der Waals surface area contributed by atoms with Crippen LogP contribution in [0.4, 0.5) is 0 Å². The fraction of sp³-hybridized carbons (Fsp3) is 0.211. The van der Waals surface area contributed by atoms with Gasteiger partial charge < -0.3 is 14.8 Å². The molecule has 0 fully saturated rings. The number of hydrogen-bond donors (Lipinski definition) is 1. The maximum absolute atomic E-state index is 12.4. The monoisotopic (exact) mass is 335 g/mol. The van der Waals surface area contributed by atoms with Crippen LogP contribution in [0.15, 0.2) is 36.4 Å². The Kier molecular flexibility index (Phi) is 3.72. The molecule has 4 rings (SSSR count). The zero-order valence-corrected chi connectivity index (χ0v) is 14.0. The SMILES string of the molecule is Cc1nc2ccc(C(=O)NCc3ccc4c(c3)OCO4)cc2nc1C. The van der Waals surface area contributed by atoms with Crippen molar-refractivity contribution >= 4 is 16.9 Å². The first-order chi connectivity index (χ1) is 12.1. The number of ether oxygens (including phenoxy) is 2. The summed E-state index contributed by atoms with van der Waals surface area (Å²) < 4.78 is 10.6. The molecule has 0 radical (unpaired) electrons. The first-order valence-electron chi connectivity index (χ1n) is 8.02. The van der Waals surface area contributed by atoms with Gasteiger partial charge in [0, 0.05) is 12.1 Å². The van der Waals surface area contributed by atoms with E-state index in [-0.39, 0.29) is 12.7 Å². The molecule has 6 heteroatoms. The van der Waals surface area contributed by atoms with Crippen LogP contribution in [0.1, 0.15) is 27.3 Å². The highest BCUT2D eigenvalue weighted by Crippen LogP contribution is 2.32. The molecule has 0 saturated heterocycles. The van der Waals surface area contributed by atoms with Crippen molar-refractivity contribution in [3.63, 3.8) is 0 Å². The van der Waals surface area contributed by atoms with Crippen LogP contribution >= 0.6 is 0 Å². The molecular formula is C19H17N3O3. The lowest BCUT2D eigenvalue weighted by Crippen LogP contribution is -2.22. The quantitative estimate of drug-likeness (QED) is 0.797. The molecule has 0 saturated carbocycles. The van der Waals surface area contributed by atoms with E-state index in [2.05, 4.69) is 15.3 Å². The molecule has 1 amide bonds. The third-order valence-corrected chi connectivity index (χ3v) is 4.23. The number of fused-ring (bicyclic) bond motifs is 2. The molecule has 1 N–H and O–H groups in total. The molecule has 0 bridgehead atoms. The number of nitrogens with zero attached hydrogens (tertiary/aromatic N) is 2. The van der Waals surface area contributed by atoms with Crippen LogP contribution in [0.25, 0.3) is 11.0 Å². The zero-order valence-electron chi connectivity index (χ0n) is 14.0. The highest BCUT2D eigenvalue weighted by atomic mass is 16.7. The van der Waals surface area contributed by atoms with Crippen LogP contribution in [0, 0.1) is 13.8 Å². The summed E-state index contributed by atoms with van der Waals surface area (Å²) in [5.74, 6) is 1.28. The molecule has 2 heterocycles. The lowest BCUT2D eigenvalue weighted by molar-refractivity contribution is 0.0951. The summed E-state index contributed by atoms with van der Waals surface area (Å²) in [5.41, 5.74) is 4.78. The Morgan fingerprint density at radius 1 is 1.00 bits per heavy atom. The maximum atomic E-state index is 12.4. The lowest BCUT2D eigenvalue weighted by Gasteiger charge is -2.08. The molecule has 25 heavy (non-hydrogen) atoms. The van der Waals surface area contributed by atoms with Gasteiger partial charge in [-0.3, -0.25) is 4.79 Å². The molecule has 0 aliphatic carbocycles. The summed E-state index contributed by atoms with van der Waals surface area (Å²) in [4.78, 5) is 21.4. The van der Waals surface area contributed by atoms with Gasteiger partial charge in [0.15, 0.2) is 11.5 Å². The van der Waals surface area contributed by atoms with E-state index in [1.165, 1.54) is 0 Å². The van der Waals surface area contributed by atoms with Crippen molar-refractivity contribution in [2.24, 2.45) is 0 Å². The van der Waals surface area contributed by atoms with E-state index < -0.39 is 0 Å². The number of aromatic nitrogens is 2. The summed E-state index contributed by atoms with van der Waals surface area (Å²) in [6, 6.07) is 11.0. The highest BCUT2D eigenvalue weighted by molar-refractivity contribution is 5.97. The Bertz CT molecular complexity index is 985. The smallest absolute Gasteiger partial charge is 0.251 e. The topological polar surface area (TPSA) is 73.3 Å². The molecule has 0 spiro atoms. The van der Waals surface area contributed by atoms with Gasteiger partial charge in [-0.1, -0.05) is 6.07 Å². The molecule has 0 unspecified atom stereocenters. The number of nitrogens with one attached hydrogen (secondary N) is 1. The summed E-state index contributed by atoms with van der Waals surface area (Å²) in [6.07, 6.45) is 0. The first kappa shape index (κ1) is 15.4. The normalized spacial score (nSPS) is 12.4. The van der Waals surface area contributed by atoms with Crippen LogP contribution in [0.5, 0.6) is 11.5 Å². The number of rotatable bonds is 3. The van der Waals surface area contributed by atoms with E-state index in [1.807, 2.05) is 38.1 Å². The second-order valence-electron chi connectivity index (χ2n) is 5.97. The molecule has 1 aliphatic heterocycles. The van der Waals surface area contributed by atoms with Gasteiger partial charge in [-0.05, 0) is 49.7 Å². The zero-order chi connectivity index (χ0) is 17.4. The largest absolute Gasteiger partial charge is 0.454 e. The van der Waals surface area contributed by atoms with Crippen LogP contribution in [-0.2, 0) is 6.54 Å². The molecule has 1 aromatic heterocycles. The lowest BCUT2D eigenvalue weighted by atomic mass is 10.1. The minimum Gasteiger partial charge on any atom is -0.454 e. The maximum Gasteiger partial charge on any atom is 0.251 e. The number of aryl methyl sites for hydroxylation is 2. The van der Waals surface area contributed by atoms with Gasteiger partial charge in [0.1, 0.15) is 0 Å². The number of carbonyl (C=O) groups is 1. The van der Waals surface area contributed by atoms with E-state index in [1.54, 1.807) is 12.1 Å². The summed E-state index contributed by atoms with van der Waals surface area (Å²) in [5, 5.41) is 2.91. The van der Waals surface area contributed by atoms with E-state index in [0.29, 0.717) is 17.9 Å². The molecule has 6 nitrogen and oxygen atoms in total. The van der Waals surface area contributed by atoms with E-state index in [0.717, 1.165) is 33.7 Å². The highest BCUT2D eigenvalue weighted by Gasteiger charge is 2.14. The average Bonchev–Trinajstić information content (AvgIpc) is 3.08. The third kappa shape index (κ3) is 2.98. The molecule has 1 aliphatic rings. The van der Waals surface area contributed by atoms with Gasteiger partial charge >= 0.3 is 0 Å². The first-order valence-corrected chi connectivity index (χ1v) is 8.02. The van der Waals surface area contributed by atoms with Crippen molar-refractivity contribution in [3.05, 3.63) is 58.9 Å². The second-order valence-corrected chi connectivity index (χ2v) is 5.97. The van der Waals surface area contributed by atoms with Crippen molar-refractivity contribution in [1.29, 1.82) is 0 Å². The van der Waals surface area contributed by atoms with Gasteiger partial charge in [0.05, 0.1) is 22.4 Å². The van der Waals surface area contributed by atoms with Crippen LogP contribution < -0.4 is 14.8 Å². The molecular weight excluding hydrogens is 318 g/mol. The summed E-state index contributed by atoms with van der Waals surface area (Å²) in [7, 11) is 0. The number of carbonyl (C=O) groups excluding carboxylic acids is 1. The van der Waals surface area contributed by atoms with Gasteiger partial charge in [-0.15, -0.1) is 0 Å². The van der Waals surface area contributed by atoms with Gasteiger partial charge in [0.25, 0.3) is 5.91 Å². The minimum atomic E-state index is -0.153. The Balaban J connectivity index is 1.51. The molecule has 3 aromatic rings. The Hall–Kier alpha value is -3.15. The second kappa shape index (κ2) is 6.05. The van der Waals surface area contributed by atoms with Crippen LogP contribution in [0.3, 0.4) is 0 Å². The minimum absolute atomic E-state index is 0.153. The fourth-order valence-electron chi connectivity index (χ4n) is 2.71. The fourth-order valence-corrected chi connectivity index (χ4v) is 2.71. The van der Waals surface area contributed by atoms with Crippen molar-refractivity contribution in [2.75, 3.05) is 6.79 Å². The van der Waals surface area contributed by atoms with E-state index in [4.69, 9.17) is 9.47 Å². The van der Waals surface area contributed by atoms with Gasteiger partial charge in [-0.25, -0.2) is 9.97 Å². The third-order valence-electron chi connectivity index (χ3n) is 4.23. The summed E-state index contributed by atoms with van der Waals surface area (Å²) >= 11 is 0. The molecule has 2 aromatic carbocycles. The molecule has 0 atom stereocenters. The van der Waals surface area contributed by atoms with Crippen molar-refractivity contribution < 1.29 is 14.3 Å². The van der Waals surface area contributed by atoms with Crippen molar-refractivity contribution in [1.82, 2.24) is 15.3 Å². The van der Waals surface area contributed by atoms with Crippen molar-refractivity contribution in [3.8, 4) is 11.5 Å². The predicted molar refractivity (Wildman–Crippen MR) is 92.7 cm³/mol. The Labute approximate surface area is 144 Å². The van der Waals surface area contributed by atoms with Gasteiger partial charge in [-0.2, -0.15) is 0 Å². The molecule has 126 valence electrons. The number of amides is 1. The number of hydrogen-bond acceptors (Lipinski definition) is 5. The predicted octanol–water partition coefficient (Wildman–Crippen LogP) is 2.91. The van der Waals surface area contributed by atoms with Gasteiger partial charge in [0.2, 0.25) is 6.79 Å². The summed E-state index contributed by atoms with van der Waals surface area (Å²) in [6.45, 7) is 4.48.